The second-order valence-corrected chi connectivity index (χ2v) is 3.05. The molecule has 3 nitrogen and oxygen atoms in total. The fourth-order valence-corrected chi connectivity index (χ4v) is 1.45. The predicted octanol–water partition coefficient (Wildman–Crippen LogP) is 1.65. The number of rotatable bonds is 2. The standard InChI is InChI=1S/C7H13BNO2.2H2/c1-6-4-2-3-5-9(6)8-7(10)11;;/h6H,2-5H2,1H3,(H,10,11);2*1H. The summed E-state index contributed by atoms with van der Waals surface area (Å²) in [4.78, 5) is 12.2. The number of nitrogens with zero attached hydrogens (tertiary/aromatic N) is 1. The van der Waals surface area contributed by atoms with Crippen LogP contribution < -0.4 is 0 Å². The van der Waals surface area contributed by atoms with E-state index in [1.807, 2.05) is 4.81 Å². The monoisotopic (exact) mass is 158 g/mol. The van der Waals surface area contributed by atoms with Crippen LogP contribution in [0.4, 0.5) is 4.79 Å². The Bertz CT molecular complexity index is 159. The maximum absolute atomic E-state index is 10.3. The molecule has 1 N–H and O–H groups in total. The van der Waals surface area contributed by atoms with Gasteiger partial charge in [-0.2, -0.15) is 0 Å². The lowest BCUT2D eigenvalue weighted by Gasteiger charge is -2.31. The molecular formula is C7H17BNO2. The summed E-state index contributed by atoms with van der Waals surface area (Å²) in [6.07, 6.45) is 3.46. The van der Waals surface area contributed by atoms with Gasteiger partial charge < -0.3 is 9.92 Å². The minimum absolute atomic E-state index is 0. The van der Waals surface area contributed by atoms with Crippen molar-refractivity contribution in [3.05, 3.63) is 0 Å². The first kappa shape index (κ1) is 8.59. The molecule has 1 radical (unpaired) electrons. The van der Waals surface area contributed by atoms with Crippen LogP contribution in [0.3, 0.4) is 0 Å². The molecule has 1 heterocycles. The molecule has 1 rings (SSSR count). The predicted molar refractivity (Wildman–Crippen MR) is 48.0 cm³/mol. The SMILES string of the molecule is CC1CCCCN1[B]C(=O)O.[HH].[HH]. The van der Waals surface area contributed by atoms with Crippen molar-refractivity contribution in [2.24, 2.45) is 0 Å². The van der Waals surface area contributed by atoms with Gasteiger partial charge in [-0.25, -0.2) is 0 Å². The molecule has 1 fully saturated rings. The van der Waals surface area contributed by atoms with Gasteiger partial charge in [-0.05, 0) is 25.4 Å². The van der Waals surface area contributed by atoms with Crippen molar-refractivity contribution in [3.63, 3.8) is 0 Å². The Labute approximate surface area is 70.6 Å². The molecule has 0 bridgehead atoms. The molecule has 0 aliphatic carbocycles. The van der Waals surface area contributed by atoms with Crippen LogP contribution >= 0.6 is 0 Å². The third-order valence-electron chi connectivity index (χ3n) is 2.13. The molecule has 0 spiro atoms. The zero-order valence-corrected chi connectivity index (χ0v) is 6.79. The van der Waals surface area contributed by atoms with Crippen molar-refractivity contribution in [1.29, 1.82) is 0 Å². The van der Waals surface area contributed by atoms with E-state index in [1.165, 1.54) is 13.8 Å². The zero-order chi connectivity index (χ0) is 8.27. The summed E-state index contributed by atoms with van der Waals surface area (Å²) in [7, 11) is 1.30. The van der Waals surface area contributed by atoms with E-state index in [0.29, 0.717) is 6.04 Å². The summed E-state index contributed by atoms with van der Waals surface area (Å²) >= 11 is 0. The fourth-order valence-electron chi connectivity index (χ4n) is 1.45. The van der Waals surface area contributed by atoms with Gasteiger partial charge in [0.2, 0.25) is 0 Å². The fraction of sp³-hybridized carbons (Fsp3) is 0.857. The Hall–Kier alpha value is -0.505. The summed E-state index contributed by atoms with van der Waals surface area (Å²) < 4.78 is 0. The average Bonchev–Trinajstić information content (AvgIpc) is 1.93. The van der Waals surface area contributed by atoms with Gasteiger partial charge in [-0.3, -0.25) is 4.79 Å². The second-order valence-electron chi connectivity index (χ2n) is 3.05. The van der Waals surface area contributed by atoms with Crippen molar-refractivity contribution in [2.45, 2.75) is 32.2 Å². The first-order valence-electron chi connectivity index (χ1n) is 4.03. The molecule has 1 unspecified atom stereocenters. The number of carboxylic acid groups (broad SMARTS) is 1. The van der Waals surface area contributed by atoms with Crippen LogP contribution in [0.2, 0.25) is 0 Å². The van der Waals surface area contributed by atoms with Gasteiger partial charge in [-0.15, -0.1) is 0 Å². The second kappa shape index (κ2) is 3.76. The summed E-state index contributed by atoms with van der Waals surface area (Å²) in [6.45, 7) is 2.96. The van der Waals surface area contributed by atoms with Crippen LogP contribution in [0.25, 0.3) is 0 Å². The summed E-state index contributed by atoms with van der Waals surface area (Å²) in [5, 5.41) is 8.49. The number of piperidine rings is 1. The number of hydrogen-bond donors (Lipinski definition) is 1. The van der Waals surface area contributed by atoms with E-state index < -0.39 is 5.87 Å². The summed E-state index contributed by atoms with van der Waals surface area (Å²) in [6, 6.07) is 0.403. The molecule has 0 amide bonds. The van der Waals surface area contributed by atoms with Gasteiger partial charge in [0.25, 0.3) is 5.87 Å². The lowest BCUT2D eigenvalue weighted by atomic mass is 9.85. The lowest BCUT2D eigenvalue weighted by Crippen LogP contribution is -2.42. The highest BCUT2D eigenvalue weighted by atomic mass is 16.4. The molecule has 1 aliphatic heterocycles. The molecule has 11 heavy (non-hydrogen) atoms. The maximum Gasteiger partial charge on any atom is 0.357 e. The average molecular weight is 158 g/mol. The van der Waals surface area contributed by atoms with Gasteiger partial charge in [0.05, 0.1) is 0 Å². The Balaban J connectivity index is 0. The first-order valence-corrected chi connectivity index (χ1v) is 4.03. The minimum atomic E-state index is -0.834. The largest absolute Gasteiger partial charge is 0.488 e. The molecular weight excluding hydrogens is 141 g/mol. The van der Waals surface area contributed by atoms with Crippen molar-refractivity contribution in [3.8, 4) is 0 Å². The highest BCUT2D eigenvalue weighted by molar-refractivity contribution is 6.69. The molecule has 0 saturated carbocycles. The van der Waals surface area contributed by atoms with Gasteiger partial charge in [0.1, 0.15) is 0 Å². The van der Waals surface area contributed by atoms with E-state index in [2.05, 4.69) is 6.92 Å². The van der Waals surface area contributed by atoms with Crippen LogP contribution in [0.1, 0.15) is 29.0 Å². The summed E-state index contributed by atoms with van der Waals surface area (Å²) in [5.74, 6) is -0.834. The first-order chi connectivity index (χ1) is 5.20. The Morgan fingerprint density at radius 3 is 3.00 bits per heavy atom. The minimum Gasteiger partial charge on any atom is -0.488 e. The van der Waals surface area contributed by atoms with Gasteiger partial charge in [0, 0.05) is 2.85 Å². The third-order valence-corrected chi connectivity index (χ3v) is 2.13. The van der Waals surface area contributed by atoms with E-state index in [-0.39, 0.29) is 2.85 Å². The van der Waals surface area contributed by atoms with Crippen LogP contribution in [-0.4, -0.2) is 35.8 Å². The van der Waals surface area contributed by atoms with E-state index in [9.17, 15) is 4.79 Å². The van der Waals surface area contributed by atoms with Crippen molar-refractivity contribution < 1.29 is 12.8 Å². The number of hydrogen-bond acceptors (Lipinski definition) is 2. The van der Waals surface area contributed by atoms with Gasteiger partial charge in [0.15, 0.2) is 0 Å². The van der Waals surface area contributed by atoms with Crippen molar-refractivity contribution in [1.82, 2.24) is 4.81 Å². The Morgan fingerprint density at radius 1 is 1.73 bits per heavy atom. The molecule has 4 heteroatoms. The van der Waals surface area contributed by atoms with Crippen LogP contribution in [0.5, 0.6) is 0 Å². The highest BCUT2D eigenvalue weighted by Gasteiger charge is 2.21. The van der Waals surface area contributed by atoms with Crippen LogP contribution in [0, 0.1) is 0 Å². The quantitative estimate of drug-likeness (QED) is 0.621. The summed E-state index contributed by atoms with van der Waals surface area (Å²) in [5.41, 5.74) is 0. The Morgan fingerprint density at radius 2 is 2.45 bits per heavy atom. The van der Waals surface area contributed by atoms with Crippen molar-refractivity contribution >= 4 is 13.3 Å². The van der Waals surface area contributed by atoms with Gasteiger partial charge in [-0.1, -0.05) is 13.3 Å². The molecule has 0 aromatic heterocycles. The van der Waals surface area contributed by atoms with E-state index in [4.69, 9.17) is 5.11 Å². The van der Waals surface area contributed by atoms with Crippen LogP contribution in [0.15, 0.2) is 0 Å². The Kier molecular flexibility index (Phi) is 2.94. The van der Waals surface area contributed by atoms with Gasteiger partial charge >= 0.3 is 7.41 Å². The zero-order valence-electron chi connectivity index (χ0n) is 6.79. The highest BCUT2D eigenvalue weighted by Crippen LogP contribution is 2.14. The lowest BCUT2D eigenvalue weighted by molar-refractivity contribution is 0.211. The molecule has 65 valence electrons. The molecule has 0 aromatic rings. The van der Waals surface area contributed by atoms with Crippen molar-refractivity contribution in [2.75, 3.05) is 6.54 Å². The van der Waals surface area contributed by atoms with E-state index in [1.54, 1.807) is 0 Å². The maximum atomic E-state index is 10.3. The molecule has 0 aromatic carbocycles. The van der Waals surface area contributed by atoms with Crippen LogP contribution in [-0.2, 0) is 0 Å². The molecule has 1 aliphatic rings. The normalized spacial score (nSPS) is 26.5. The third kappa shape index (κ3) is 2.54. The van der Waals surface area contributed by atoms with E-state index >= 15 is 0 Å². The molecule has 1 atom stereocenters. The number of carbonyl (C=O) groups is 1. The van der Waals surface area contributed by atoms with E-state index in [0.717, 1.165) is 19.4 Å². The molecule has 1 saturated heterocycles. The smallest absolute Gasteiger partial charge is 0.357 e. The topological polar surface area (TPSA) is 40.5 Å².